The van der Waals surface area contributed by atoms with E-state index in [1.807, 2.05) is 24.3 Å². The van der Waals surface area contributed by atoms with Crippen molar-refractivity contribution in [2.24, 2.45) is 5.92 Å². The van der Waals surface area contributed by atoms with E-state index in [1.165, 1.54) is 0 Å². The molecule has 3 rings (SSSR count). The van der Waals surface area contributed by atoms with Crippen molar-refractivity contribution in [2.45, 2.75) is 18.9 Å². The first-order chi connectivity index (χ1) is 8.33. The minimum atomic E-state index is -0.0902. The van der Waals surface area contributed by atoms with E-state index in [4.69, 9.17) is 9.47 Å². The third-order valence-corrected chi connectivity index (χ3v) is 3.02. The van der Waals surface area contributed by atoms with Crippen molar-refractivity contribution in [1.82, 2.24) is 5.32 Å². The highest BCUT2D eigenvalue weighted by Crippen LogP contribution is 2.31. The van der Waals surface area contributed by atoms with Gasteiger partial charge in [0.25, 0.3) is 0 Å². The zero-order chi connectivity index (χ0) is 11.7. The lowest BCUT2D eigenvalue weighted by atomic mass is 10.2. The number of hydrogen-bond acceptors (Lipinski definition) is 3. The van der Waals surface area contributed by atoms with Gasteiger partial charge in [-0.3, -0.25) is 4.79 Å². The maximum Gasteiger partial charge on any atom is 0.223 e. The number of carbonyl (C=O) groups excluding carboxylic acids is 1. The molecule has 0 aromatic heterocycles. The number of nitrogens with one attached hydrogen (secondary N) is 1. The van der Waals surface area contributed by atoms with E-state index < -0.39 is 0 Å². The summed E-state index contributed by atoms with van der Waals surface area (Å²) in [6.45, 7) is 1.01. The largest absolute Gasteiger partial charge is 0.486 e. The van der Waals surface area contributed by atoms with Gasteiger partial charge in [-0.1, -0.05) is 12.1 Å². The molecule has 1 fully saturated rings. The number of carbonyl (C=O) groups is 1. The summed E-state index contributed by atoms with van der Waals surface area (Å²) in [7, 11) is 0. The Morgan fingerprint density at radius 3 is 2.82 bits per heavy atom. The second-order valence-electron chi connectivity index (χ2n) is 4.52. The lowest BCUT2D eigenvalue weighted by Crippen LogP contribution is -2.41. The molecule has 1 heterocycles. The van der Waals surface area contributed by atoms with E-state index in [1.54, 1.807) is 0 Å². The quantitative estimate of drug-likeness (QED) is 0.857. The van der Waals surface area contributed by atoms with E-state index >= 15 is 0 Å². The van der Waals surface area contributed by atoms with Gasteiger partial charge in [0.1, 0.15) is 12.7 Å². The number of ether oxygens (including phenoxy) is 2. The van der Waals surface area contributed by atoms with Gasteiger partial charge in [-0.25, -0.2) is 0 Å². The van der Waals surface area contributed by atoms with Gasteiger partial charge >= 0.3 is 0 Å². The summed E-state index contributed by atoms with van der Waals surface area (Å²) in [5, 5.41) is 2.90. The molecule has 0 spiro atoms. The summed E-state index contributed by atoms with van der Waals surface area (Å²) in [6.07, 6.45) is 1.96. The van der Waals surface area contributed by atoms with Crippen LogP contribution < -0.4 is 14.8 Å². The number of fused-ring (bicyclic) bond motifs is 1. The van der Waals surface area contributed by atoms with Gasteiger partial charge in [0.05, 0.1) is 6.54 Å². The van der Waals surface area contributed by atoms with Crippen LogP contribution in [0.3, 0.4) is 0 Å². The molecule has 0 saturated heterocycles. The van der Waals surface area contributed by atoms with Crippen LogP contribution in [0.2, 0.25) is 0 Å². The fourth-order valence-electron chi connectivity index (χ4n) is 1.87. The molecule has 1 aliphatic carbocycles. The zero-order valence-corrected chi connectivity index (χ0v) is 9.52. The van der Waals surface area contributed by atoms with Crippen LogP contribution in [0, 0.1) is 5.92 Å². The maximum absolute atomic E-state index is 11.5. The van der Waals surface area contributed by atoms with Gasteiger partial charge in [-0.05, 0) is 25.0 Å². The van der Waals surface area contributed by atoms with Crippen LogP contribution >= 0.6 is 0 Å². The Morgan fingerprint density at radius 1 is 1.29 bits per heavy atom. The van der Waals surface area contributed by atoms with Crippen LogP contribution in [0.1, 0.15) is 12.8 Å². The highest BCUT2D eigenvalue weighted by atomic mass is 16.6. The van der Waals surface area contributed by atoms with Gasteiger partial charge in [0.15, 0.2) is 11.5 Å². The van der Waals surface area contributed by atoms with Crippen LogP contribution in [-0.4, -0.2) is 25.2 Å². The van der Waals surface area contributed by atoms with Crippen molar-refractivity contribution in [1.29, 1.82) is 0 Å². The molecule has 1 aromatic rings. The summed E-state index contributed by atoms with van der Waals surface area (Å²) in [5.74, 6) is 1.92. The van der Waals surface area contributed by atoms with Crippen LogP contribution in [0.25, 0.3) is 0 Å². The number of amides is 1. The summed E-state index contributed by atoms with van der Waals surface area (Å²) in [4.78, 5) is 11.5. The molecule has 1 aromatic carbocycles. The van der Waals surface area contributed by atoms with Crippen molar-refractivity contribution in [3.8, 4) is 11.5 Å². The van der Waals surface area contributed by atoms with Crippen molar-refractivity contribution in [3.05, 3.63) is 24.3 Å². The molecule has 1 N–H and O–H groups in total. The molecule has 1 unspecified atom stereocenters. The van der Waals surface area contributed by atoms with Gasteiger partial charge in [0.2, 0.25) is 5.91 Å². The Kier molecular flexibility index (Phi) is 2.63. The number of benzene rings is 1. The van der Waals surface area contributed by atoms with Gasteiger partial charge in [0, 0.05) is 5.92 Å². The minimum absolute atomic E-state index is 0.0902. The molecule has 0 bridgehead atoms. The molecule has 1 saturated carbocycles. The smallest absolute Gasteiger partial charge is 0.223 e. The zero-order valence-electron chi connectivity index (χ0n) is 9.52. The van der Waals surface area contributed by atoms with Crippen molar-refractivity contribution >= 4 is 5.91 Å². The Hall–Kier alpha value is -1.71. The molecule has 1 amide bonds. The predicted molar refractivity (Wildman–Crippen MR) is 62.1 cm³/mol. The normalized spacial score (nSPS) is 22.0. The second-order valence-corrected chi connectivity index (χ2v) is 4.52. The average Bonchev–Trinajstić information content (AvgIpc) is 3.20. The second kappa shape index (κ2) is 4.28. The van der Waals surface area contributed by atoms with Crippen LogP contribution in [-0.2, 0) is 4.79 Å². The molecule has 17 heavy (non-hydrogen) atoms. The van der Waals surface area contributed by atoms with Gasteiger partial charge < -0.3 is 14.8 Å². The SMILES string of the molecule is O=C(NCC1COc2ccccc2O1)C1CC1. The third-order valence-electron chi connectivity index (χ3n) is 3.02. The highest BCUT2D eigenvalue weighted by Gasteiger charge is 2.30. The summed E-state index contributed by atoms with van der Waals surface area (Å²) in [6, 6.07) is 7.59. The topological polar surface area (TPSA) is 47.6 Å². The number of hydrogen-bond donors (Lipinski definition) is 1. The van der Waals surface area contributed by atoms with E-state index in [0.717, 1.165) is 24.3 Å². The third kappa shape index (κ3) is 2.35. The molecule has 1 aliphatic heterocycles. The Bertz CT molecular complexity index is 428. The molecule has 4 nitrogen and oxygen atoms in total. The molecular formula is C13H15NO3. The van der Waals surface area contributed by atoms with Crippen molar-refractivity contribution < 1.29 is 14.3 Å². The lowest BCUT2D eigenvalue weighted by molar-refractivity contribution is -0.122. The molecule has 1 atom stereocenters. The first-order valence-electron chi connectivity index (χ1n) is 5.99. The van der Waals surface area contributed by atoms with Crippen LogP contribution in [0.15, 0.2) is 24.3 Å². The first-order valence-corrected chi connectivity index (χ1v) is 5.99. The lowest BCUT2D eigenvalue weighted by Gasteiger charge is -2.26. The van der Waals surface area contributed by atoms with Gasteiger partial charge in [-0.2, -0.15) is 0 Å². The molecule has 2 aliphatic rings. The Morgan fingerprint density at radius 2 is 2.06 bits per heavy atom. The summed E-state index contributed by atoms with van der Waals surface area (Å²) < 4.78 is 11.3. The minimum Gasteiger partial charge on any atom is -0.486 e. The van der Waals surface area contributed by atoms with E-state index in [-0.39, 0.29) is 17.9 Å². The van der Waals surface area contributed by atoms with E-state index in [2.05, 4.69) is 5.32 Å². The fraction of sp³-hybridized carbons (Fsp3) is 0.462. The molecule has 90 valence electrons. The van der Waals surface area contributed by atoms with Gasteiger partial charge in [-0.15, -0.1) is 0 Å². The van der Waals surface area contributed by atoms with Crippen LogP contribution in [0.5, 0.6) is 11.5 Å². The average molecular weight is 233 g/mol. The van der Waals surface area contributed by atoms with E-state index in [9.17, 15) is 4.79 Å². The number of para-hydroxylation sites is 2. The monoisotopic (exact) mass is 233 g/mol. The number of rotatable bonds is 3. The molecular weight excluding hydrogens is 218 g/mol. The van der Waals surface area contributed by atoms with Crippen molar-refractivity contribution in [3.63, 3.8) is 0 Å². The fourth-order valence-corrected chi connectivity index (χ4v) is 1.87. The highest BCUT2D eigenvalue weighted by molar-refractivity contribution is 5.80. The Balaban J connectivity index is 1.55. The predicted octanol–water partition coefficient (Wildman–Crippen LogP) is 1.35. The Labute approximate surface area is 99.9 Å². The molecule has 4 heteroatoms. The maximum atomic E-state index is 11.5. The molecule has 0 radical (unpaired) electrons. The van der Waals surface area contributed by atoms with E-state index in [0.29, 0.717) is 13.2 Å². The summed E-state index contributed by atoms with van der Waals surface area (Å²) in [5.41, 5.74) is 0. The first kappa shape index (κ1) is 10.4. The van der Waals surface area contributed by atoms with Crippen molar-refractivity contribution in [2.75, 3.05) is 13.2 Å². The standard InChI is InChI=1S/C13H15NO3/c15-13(9-5-6-9)14-7-10-8-16-11-3-1-2-4-12(11)17-10/h1-4,9-10H,5-8H2,(H,14,15). The van der Waals surface area contributed by atoms with Crippen LogP contribution in [0.4, 0.5) is 0 Å². The summed E-state index contributed by atoms with van der Waals surface area (Å²) >= 11 is 0.